The van der Waals surface area contributed by atoms with E-state index in [2.05, 4.69) is 34.2 Å². The monoisotopic (exact) mass is 235 g/mol. The zero-order valence-electron chi connectivity index (χ0n) is 10.1. The Morgan fingerprint density at radius 3 is 2.78 bits per heavy atom. The molecule has 0 aliphatic heterocycles. The number of rotatable bonds is 1. The molecule has 3 nitrogen and oxygen atoms in total. The van der Waals surface area contributed by atoms with Crippen molar-refractivity contribution in [1.82, 2.24) is 9.97 Å². The Labute approximate surface area is 105 Å². The summed E-state index contributed by atoms with van der Waals surface area (Å²) < 4.78 is 0. The molecule has 3 heteroatoms. The van der Waals surface area contributed by atoms with Gasteiger partial charge in [-0.1, -0.05) is 18.2 Å². The van der Waals surface area contributed by atoms with E-state index in [0.717, 1.165) is 27.7 Å². The number of nitrogen functional groups attached to an aromatic ring is 1. The third-order valence-electron chi connectivity index (χ3n) is 3.02. The molecule has 0 spiro atoms. The van der Waals surface area contributed by atoms with Gasteiger partial charge in [0, 0.05) is 22.8 Å². The largest absolute Gasteiger partial charge is 0.384 e. The van der Waals surface area contributed by atoms with Gasteiger partial charge >= 0.3 is 0 Å². The summed E-state index contributed by atoms with van der Waals surface area (Å²) in [4.78, 5) is 8.66. The number of hydrogen-bond acceptors (Lipinski definition) is 3. The molecule has 0 amide bonds. The maximum Gasteiger partial charge on any atom is 0.123 e. The lowest BCUT2D eigenvalue weighted by Gasteiger charge is -2.07. The van der Waals surface area contributed by atoms with Crippen LogP contribution in [0.2, 0.25) is 0 Å². The molecule has 0 aliphatic carbocycles. The molecule has 2 N–H and O–H groups in total. The second-order valence-corrected chi connectivity index (χ2v) is 4.28. The van der Waals surface area contributed by atoms with Gasteiger partial charge in [0.15, 0.2) is 0 Å². The fourth-order valence-corrected chi connectivity index (χ4v) is 2.12. The molecule has 0 fully saturated rings. The van der Waals surface area contributed by atoms with Gasteiger partial charge in [0.05, 0.1) is 5.52 Å². The van der Waals surface area contributed by atoms with Crippen molar-refractivity contribution in [3.63, 3.8) is 0 Å². The van der Waals surface area contributed by atoms with Crippen molar-refractivity contribution < 1.29 is 0 Å². The van der Waals surface area contributed by atoms with E-state index in [1.54, 1.807) is 6.20 Å². The van der Waals surface area contributed by atoms with E-state index in [1.165, 1.54) is 0 Å². The second kappa shape index (κ2) is 4.11. The number of anilines is 1. The smallest absolute Gasteiger partial charge is 0.123 e. The van der Waals surface area contributed by atoms with E-state index in [0.29, 0.717) is 5.82 Å². The molecule has 2 aromatic heterocycles. The average Bonchev–Trinajstić information content (AvgIpc) is 2.38. The first-order valence-electron chi connectivity index (χ1n) is 5.82. The quantitative estimate of drug-likeness (QED) is 0.704. The normalized spacial score (nSPS) is 10.7. The molecule has 88 valence electrons. The van der Waals surface area contributed by atoms with Crippen molar-refractivity contribution in [2.24, 2.45) is 0 Å². The van der Waals surface area contributed by atoms with Crippen LogP contribution in [0.4, 0.5) is 5.82 Å². The van der Waals surface area contributed by atoms with Crippen LogP contribution in [-0.2, 0) is 0 Å². The molecule has 0 saturated heterocycles. The zero-order chi connectivity index (χ0) is 12.5. The predicted octanol–water partition coefficient (Wildman–Crippen LogP) is 3.19. The minimum atomic E-state index is 0.551. The van der Waals surface area contributed by atoms with E-state index in [-0.39, 0.29) is 0 Å². The van der Waals surface area contributed by atoms with Gasteiger partial charge in [0.2, 0.25) is 0 Å². The molecule has 0 aliphatic rings. The Morgan fingerprint density at radius 2 is 1.94 bits per heavy atom. The summed E-state index contributed by atoms with van der Waals surface area (Å²) in [5, 5.41) is 1.14. The molecule has 2 heterocycles. The standard InChI is InChI=1S/C15H13N3/c1-10-13(6-7-15(16)18-10)12-5-4-11-3-2-8-17-14(11)9-12/h2-9H,1H3,(H2,16,18). The Morgan fingerprint density at radius 1 is 1.06 bits per heavy atom. The van der Waals surface area contributed by atoms with Gasteiger partial charge in [-0.15, -0.1) is 0 Å². The van der Waals surface area contributed by atoms with E-state index >= 15 is 0 Å². The highest BCUT2D eigenvalue weighted by Crippen LogP contribution is 2.25. The average molecular weight is 235 g/mol. The van der Waals surface area contributed by atoms with E-state index in [9.17, 15) is 0 Å². The van der Waals surface area contributed by atoms with E-state index in [1.807, 2.05) is 25.1 Å². The summed E-state index contributed by atoms with van der Waals surface area (Å²) >= 11 is 0. The van der Waals surface area contributed by atoms with Crippen LogP contribution in [0.1, 0.15) is 5.69 Å². The molecular formula is C15H13N3. The predicted molar refractivity (Wildman–Crippen MR) is 74.1 cm³/mol. The van der Waals surface area contributed by atoms with Gasteiger partial charge in [-0.3, -0.25) is 4.98 Å². The summed E-state index contributed by atoms with van der Waals surface area (Å²) in [6.07, 6.45) is 1.81. The van der Waals surface area contributed by atoms with Crippen LogP contribution in [0.3, 0.4) is 0 Å². The van der Waals surface area contributed by atoms with Crippen LogP contribution >= 0.6 is 0 Å². The molecule has 1 aromatic carbocycles. The molecular weight excluding hydrogens is 222 g/mol. The molecule has 0 atom stereocenters. The number of fused-ring (bicyclic) bond motifs is 1. The highest BCUT2D eigenvalue weighted by Gasteiger charge is 2.04. The molecule has 0 radical (unpaired) electrons. The zero-order valence-corrected chi connectivity index (χ0v) is 10.1. The van der Waals surface area contributed by atoms with Gasteiger partial charge < -0.3 is 5.73 Å². The van der Waals surface area contributed by atoms with Crippen molar-refractivity contribution in [3.05, 3.63) is 54.4 Å². The molecule has 3 rings (SSSR count). The minimum Gasteiger partial charge on any atom is -0.384 e. The Balaban J connectivity index is 2.19. The number of pyridine rings is 2. The first-order chi connectivity index (χ1) is 8.74. The molecule has 18 heavy (non-hydrogen) atoms. The Bertz CT molecular complexity index is 720. The summed E-state index contributed by atoms with van der Waals surface area (Å²) in [5.74, 6) is 0.551. The number of benzene rings is 1. The van der Waals surface area contributed by atoms with Crippen LogP contribution in [0.5, 0.6) is 0 Å². The maximum atomic E-state index is 5.67. The molecule has 0 unspecified atom stereocenters. The first-order valence-corrected chi connectivity index (χ1v) is 5.82. The lowest BCUT2D eigenvalue weighted by Crippen LogP contribution is -1.94. The summed E-state index contributed by atoms with van der Waals surface area (Å²) in [5.41, 5.74) is 9.81. The van der Waals surface area contributed by atoms with Crippen molar-refractivity contribution in [1.29, 1.82) is 0 Å². The van der Waals surface area contributed by atoms with Crippen LogP contribution in [0.25, 0.3) is 22.0 Å². The summed E-state index contributed by atoms with van der Waals surface area (Å²) in [7, 11) is 0. The van der Waals surface area contributed by atoms with Crippen molar-refractivity contribution in [2.75, 3.05) is 5.73 Å². The number of nitrogens with two attached hydrogens (primary N) is 1. The lowest BCUT2D eigenvalue weighted by atomic mass is 10.0. The van der Waals surface area contributed by atoms with Crippen molar-refractivity contribution >= 4 is 16.7 Å². The van der Waals surface area contributed by atoms with Crippen LogP contribution in [0.15, 0.2) is 48.7 Å². The third-order valence-corrected chi connectivity index (χ3v) is 3.02. The number of aryl methyl sites for hydroxylation is 1. The van der Waals surface area contributed by atoms with Crippen LogP contribution in [0, 0.1) is 6.92 Å². The van der Waals surface area contributed by atoms with Gasteiger partial charge in [-0.05, 0) is 36.8 Å². The number of hydrogen-bond donors (Lipinski definition) is 1. The molecule has 3 aromatic rings. The van der Waals surface area contributed by atoms with Gasteiger partial charge in [-0.2, -0.15) is 0 Å². The van der Waals surface area contributed by atoms with Crippen molar-refractivity contribution in [2.45, 2.75) is 6.92 Å². The van der Waals surface area contributed by atoms with Crippen LogP contribution in [-0.4, -0.2) is 9.97 Å². The molecule has 0 bridgehead atoms. The maximum absolute atomic E-state index is 5.67. The third kappa shape index (κ3) is 1.80. The molecule has 0 saturated carbocycles. The van der Waals surface area contributed by atoms with E-state index < -0.39 is 0 Å². The Hall–Kier alpha value is -2.42. The van der Waals surface area contributed by atoms with Gasteiger partial charge in [0.1, 0.15) is 5.82 Å². The van der Waals surface area contributed by atoms with Gasteiger partial charge in [0.25, 0.3) is 0 Å². The lowest BCUT2D eigenvalue weighted by molar-refractivity contribution is 1.21. The summed E-state index contributed by atoms with van der Waals surface area (Å²) in [6.45, 7) is 1.97. The van der Waals surface area contributed by atoms with Crippen molar-refractivity contribution in [3.8, 4) is 11.1 Å². The summed E-state index contributed by atoms with van der Waals surface area (Å²) in [6, 6.07) is 14.1. The minimum absolute atomic E-state index is 0.551. The fourth-order valence-electron chi connectivity index (χ4n) is 2.12. The van der Waals surface area contributed by atoms with Crippen LogP contribution < -0.4 is 5.73 Å². The highest BCUT2D eigenvalue weighted by atomic mass is 14.8. The SMILES string of the molecule is Cc1nc(N)ccc1-c1ccc2cccnc2c1. The topological polar surface area (TPSA) is 51.8 Å². The number of aromatic nitrogens is 2. The first kappa shape index (κ1) is 10.7. The Kier molecular flexibility index (Phi) is 2.45. The second-order valence-electron chi connectivity index (χ2n) is 4.28. The van der Waals surface area contributed by atoms with E-state index in [4.69, 9.17) is 5.73 Å². The highest BCUT2D eigenvalue weighted by molar-refractivity contribution is 5.84. The number of nitrogens with zero attached hydrogens (tertiary/aromatic N) is 2. The van der Waals surface area contributed by atoms with Gasteiger partial charge in [-0.25, -0.2) is 4.98 Å². The fraction of sp³-hybridized carbons (Fsp3) is 0.0667.